The lowest BCUT2D eigenvalue weighted by Crippen LogP contribution is -2.16. The lowest BCUT2D eigenvalue weighted by molar-refractivity contribution is -0.384. The van der Waals surface area contributed by atoms with E-state index in [4.69, 9.17) is 0 Å². The first-order chi connectivity index (χ1) is 14.7. The molecule has 2 aromatic carbocycles. The smallest absolute Gasteiger partial charge is 0.387 e. The molecule has 0 aliphatic rings. The van der Waals surface area contributed by atoms with E-state index in [0.29, 0.717) is 21.8 Å². The van der Waals surface area contributed by atoms with Gasteiger partial charge in [0.1, 0.15) is 5.75 Å². The zero-order chi connectivity index (χ0) is 22.5. The molecule has 3 aromatic rings. The van der Waals surface area contributed by atoms with Crippen LogP contribution in [0.5, 0.6) is 5.75 Å². The largest absolute Gasteiger partial charge is 0.435 e. The van der Waals surface area contributed by atoms with Crippen LogP contribution in [0.25, 0.3) is 11.3 Å². The number of halogens is 2. The Morgan fingerprint density at radius 2 is 1.90 bits per heavy atom. The lowest BCUT2D eigenvalue weighted by Gasteiger charge is -2.08. The van der Waals surface area contributed by atoms with Gasteiger partial charge in [-0.3, -0.25) is 15.1 Å². The SMILES string of the molecule is CC(=Nn1c(-c2ccc(OC(F)F)cc2)csc1=NC(C)C)c1cccc([N+](=O)[O-])c1. The summed E-state index contributed by atoms with van der Waals surface area (Å²) >= 11 is 1.39. The van der Waals surface area contributed by atoms with Crippen molar-refractivity contribution < 1.29 is 18.4 Å². The summed E-state index contributed by atoms with van der Waals surface area (Å²) in [5.41, 5.74) is 2.59. The van der Waals surface area contributed by atoms with Crippen molar-refractivity contribution in [3.8, 4) is 17.0 Å². The summed E-state index contributed by atoms with van der Waals surface area (Å²) in [7, 11) is 0. The minimum Gasteiger partial charge on any atom is -0.435 e. The van der Waals surface area contributed by atoms with Gasteiger partial charge in [-0.2, -0.15) is 13.9 Å². The Morgan fingerprint density at radius 1 is 1.19 bits per heavy atom. The molecule has 0 radical (unpaired) electrons. The molecule has 162 valence electrons. The van der Waals surface area contributed by atoms with Crippen molar-refractivity contribution in [1.82, 2.24) is 4.68 Å². The number of rotatable bonds is 7. The zero-order valence-electron chi connectivity index (χ0n) is 17.0. The maximum absolute atomic E-state index is 12.4. The fourth-order valence-electron chi connectivity index (χ4n) is 2.76. The molecule has 1 aromatic heterocycles. The van der Waals surface area contributed by atoms with Gasteiger partial charge in [-0.1, -0.05) is 12.1 Å². The Labute approximate surface area is 181 Å². The summed E-state index contributed by atoms with van der Waals surface area (Å²) < 4.78 is 30.9. The minimum absolute atomic E-state index is 0.0212. The molecule has 0 aliphatic heterocycles. The predicted octanol–water partition coefficient (Wildman–Crippen LogP) is 5.31. The average molecular weight is 446 g/mol. The summed E-state index contributed by atoms with van der Waals surface area (Å²) in [5, 5.41) is 17.6. The van der Waals surface area contributed by atoms with Gasteiger partial charge in [-0.05, 0) is 45.0 Å². The summed E-state index contributed by atoms with van der Waals surface area (Å²) in [5.74, 6) is 0.0592. The van der Waals surface area contributed by atoms with Crippen LogP contribution in [0.1, 0.15) is 26.3 Å². The molecular weight excluding hydrogens is 426 g/mol. The van der Waals surface area contributed by atoms with E-state index < -0.39 is 11.5 Å². The maximum Gasteiger partial charge on any atom is 0.387 e. The fraction of sp³-hybridized carbons (Fsp3) is 0.238. The molecule has 0 spiro atoms. The first-order valence-electron chi connectivity index (χ1n) is 9.34. The molecule has 7 nitrogen and oxygen atoms in total. The Bertz CT molecular complexity index is 1170. The van der Waals surface area contributed by atoms with Crippen LogP contribution in [0.15, 0.2) is 64.0 Å². The summed E-state index contributed by atoms with van der Waals surface area (Å²) in [6.45, 7) is 2.75. The highest BCUT2D eigenvalue weighted by Crippen LogP contribution is 2.24. The topological polar surface area (TPSA) is 82.0 Å². The highest BCUT2D eigenvalue weighted by atomic mass is 32.1. The molecule has 3 rings (SSSR count). The van der Waals surface area contributed by atoms with Gasteiger partial charge in [0.05, 0.1) is 16.3 Å². The second-order valence-electron chi connectivity index (χ2n) is 6.83. The molecule has 0 saturated carbocycles. The zero-order valence-corrected chi connectivity index (χ0v) is 17.8. The van der Waals surface area contributed by atoms with Crippen molar-refractivity contribution in [3.05, 3.63) is 74.4 Å². The second kappa shape index (κ2) is 9.61. The molecule has 0 unspecified atom stereocenters. The van der Waals surface area contributed by atoms with E-state index in [2.05, 4.69) is 14.8 Å². The van der Waals surface area contributed by atoms with Crippen molar-refractivity contribution in [2.75, 3.05) is 0 Å². The number of nitro groups is 1. The van der Waals surface area contributed by atoms with Crippen molar-refractivity contribution >= 4 is 22.7 Å². The van der Waals surface area contributed by atoms with Gasteiger partial charge in [0.15, 0.2) is 0 Å². The van der Waals surface area contributed by atoms with Gasteiger partial charge < -0.3 is 4.74 Å². The highest BCUT2D eigenvalue weighted by Gasteiger charge is 2.12. The molecular formula is C21H20F2N4O3S. The molecule has 0 amide bonds. The van der Waals surface area contributed by atoms with Gasteiger partial charge in [-0.25, -0.2) is 4.68 Å². The first kappa shape index (κ1) is 22.3. The molecule has 0 saturated heterocycles. The number of aromatic nitrogens is 1. The Balaban J connectivity index is 2.08. The summed E-state index contributed by atoms with van der Waals surface area (Å²) in [4.78, 5) is 15.9. The van der Waals surface area contributed by atoms with Crippen molar-refractivity contribution in [2.24, 2.45) is 10.1 Å². The first-order valence-corrected chi connectivity index (χ1v) is 10.2. The highest BCUT2D eigenvalue weighted by molar-refractivity contribution is 7.07. The van der Waals surface area contributed by atoms with Crippen LogP contribution in [0.4, 0.5) is 14.5 Å². The number of non-ortho nitro benzene ring substituents is 1. The van der Waals surface area contributed by atoms with Gasteiger partial charge in [0, 0.05) is 34.7 Å². The quantitative estimate of drug-likeness (QED) is 0.280. The third kappa shape index (κ3) is 5.60. The normalized spacial score (nSPS) is 12.6. The molecule has 31 heavy (non-hydrogen) atoms. The Morgan fingerprint density at radius 3 is 2.52 bits per heavy atom. The number of hydrogen-bond donors (Lipinski definition) is 0. The van der Waals surface area contributed by atoms with E-state index in [1.54, 1.807) is 35.9 Å². The minimum atomic E-state index is -2.89. The maximum atomic E-state index is 12.4. The molecule has 0 fully saturated rings. The number of thiazole rings is 1. The van der Waals surface area contributed by atoms with E-state index >= 15 is 0 Å². The van der Waals surface area contributed by atoms with E-state index in [1.807, 2.05) is 19.2 Å². The van der Waals surface area contributed by atoms with Crippen LogP contribution in [0.2, 0.25) is 0 Å². The lowest BCUT2D eigenvalue weighted by atomic mass is 10.1. The Kier molecular flexibility index (Phi) is 6.91. The molecule has 0 N–H and O–H groups in total. The molecule has 0 bridgehead atoms. The van der Waals surface area contributed by atoms with Crippen LogP contribution in [-0.4, -0.2) is 28.0 Å². The number of nitro benzene ring substituents is 1. The number of benzene rings is 2. The van der Waals surface area contributed by atoms with Gasteiger partial charge in [0.2, 0.25) is 4.80 Å². The van der Waals surface area contributed by atoms with Gasteiger partial charge >= 0.3 is 6.61 Å². The summed E-state index contributed by atoms with van der Waals surface area (Å²) in [6, 6.07) is 12.5. The van der Waals surface area contributed by atoms with Crippen LogP contribution in [0.3, 0.4) is 0 Å². The third-order valence-corrected chi connectivity index (χ3v) is 4.98. The number of nitrogens with zero attached hydrogens (tertiary/aromatic N) is 4. The number of alkyl halides is 2. The van der Waals surface area contributed by atoms with E-state index in [1.165, 1.54) is 35.6 Å². The summed E-state index contributed by atoms with van der Waals surface area (Å²) in [6.07, 6.45) is 0. The monoisotopic (exact) mass is 446 g/mol. The van der Waals surface area contributed by atoms with Crippen LogP contribution in [-0.2, 0) is 0 Å². The number of hydrogen-bond acceptors (Lipinski definition) is 6. The predicted molar refractivity (Wildman–Crippen MR) is 116 cm³/mol. The van der Waals surface area contributed by atoms with Crippen LogP contribution in [0, 0.1) is 10.1 Å². The third-order valence-electron chi connectivity index (χ3n) is 4.15. The van der Waals surface area contributed by atoms with E-state index in [0.717, 1.165) is 5.56 Å². The van der Waals surface area contributed by atoms with Crippen LogP contribution < -0.4 is 9.54 Å². The number of ether oxygens (including phenoxy) is 1. The fourth-order valence-corrected chi connectivity index (χ4v) is 3.73. The standard InChI is InChI=1S/C21H20F2N4O3S/c1-13(2)24-21-26(25-14(3)16-5-4-6-17(11-16)27(28)29)19(12-31-21)15-7-9-18(10-8-15)30-20(22)23/h4-13,20H,1-3H3. The van der Waals surface area contributed by atoms with E-state index in [-0.39, 0.29) is 17.5 Å². The van der Waals surface area contributed by atoms with Crippen molar-refractivity contribution in [3.63, 3.8) is 0 Å². The Hall–Kier alpha value is -3.40. The molecule has 10 heteroatoms. The van der Waals surface area contributed by atoms with Gasteiger partial charge in [-0.15, -0.1) is 11.3 Å². The van der Waals surface area contributed by atoms with Crippen molar-refractivity contribution in [2.45, 2.75) is 33.4 Å². The molecule has 0 atom stereocenters. The second-order valence-corrected chi connectivity index (χ2v) is 7.67. The van der Waals surface area contributed by atoms with Crippen LogP contribution >= 0.6 is 11.3 Å². The van der Waals surface area contributed by atoms with Gasteiger partial charge in [0.25, 0.3) is 5.69 Å². The molecule has 0 aliphatic carbocycles. The van der Waals surface area contributed by atoms with E-state index in [9.17, 15) is 18.9 Å². The van der Waals surface area contributed by atoms with Crippen molar-refractivity contribution in [1.29, 1.82) is 0 Å². The average Bonchev–Trinajstić information content (AvgIpc) is 3.09. The molecule has 1 heterocycles.